The molecule has 2 aromatic carbocycles. The number of carboxylic acid groups (broad SMARTS) is 1. The molecule has 5 heterocycles. The number of carbonyl (C=O) groups excluding carboxylic acids is 3. The summed E-state index contributed by atoms with van der Waals surface area (Å²) in [4.78, 5) is 60.2. The molecule has 7 rings (SSSR count). The summed E-state index contributed by atoms with van der Waals surface area (Å²) in [5.74, 6) is -0.0782. The van der Waals surface area contributed by atoms with E-state index >= 15 is 0 Å². The molecule has 3 aromatic rings. The molecule has 4 aliphatic rings. The van der Waals surface area contributed by atoms with Gasteiger partial charge >= 0.3 is 12.0 Å². The number of rotatable bonds is 9. The number of aromatic amines is 1. The minimum absolute atomic E-state index is 0.00178. The Balaban J connectivity index is 0.963. The standard InChI is InChI=1S/C38H49N7O5/c46-35(43-18-12-32(13-19-43)45-20-11-29-3-1-2-4-33(29)40-38(45)50)23-30(21-26-5-6-34-31(22-26)24-39-41-34)37(49)44-16-9-28(10-17-44)27-7-14-42(15-8-27)25-36(47)48/h1-6,22,24,27-28,30,32H,7-21,23,25H2,(H,39,41)(H,40,50)(H,47,48). The molecule has 50 heavy (non-hydrogen) atoms. The van der Waals surface area contributed by atoms with Gasteiger partial charge in [-0.2, -0.15) is 5.10 Å². The Morgan fingerprint density at radius 3 is 2.30 bits per heavy atom. The predicted molar refractivity (Wildman–Crippen MR) is 189 cm³/mol. The lowest BCUT2D eigenvalue weighted by molar-refractivity contribution is -0.143. The van der Waals surface area contributed by atoms with E-state index in [9.17, 15) is 19.2 Å². The molecule has 4 aliphatic heterocycles. The van der Waals surface area contributed by atoms with E-state index in [2.05, 4.69) is 27.6 Å². The van der Waals surface area contributed by atoms with Crippen molar-refractivity contribution in [2.24, 2.45) is 17.8 Å². The molecule has 3 N–H and O–H groups in total. The van der Waals surface area contributed by atoms with E-state index in [4.69, 9.17) is 5.11 Å². The Hall–Kier alpha value is -4.45. The van der Waals surface area contributed by atoms with Crippen molar-refractivity contribution in [2.45, 2.75) is 63.8 Å². The zero-order chi connectivity index (χ0) is 34.6. The van der Waals surface area contributed by atoms with Crippen LogP contribution in [0.3, 0.4) is 0 Å². The minimum atomic E-state index is -0.772. The number of hydrogen-bond acceptors (Lipinski definition) is 6. The molecule has 0 bridgehead atoms. The number of piperidine rings is 3. The molecule has 0 spiro atoms. The molecule has 3 fully saturated rings. The quantitative estimate of drug-likeness (QED) is 0.307. The van der Waals surface area contributed by atoms with E-state index in [-0.39, 0.29) is 36.9 Å². The number of anilines is 1. The van der Waals surface area contributed by atoms with Crippen LogP contribution in [-0.4, -0.2) is 117 Å². The number of amides is 4. The van der Waals surface area contributed by atoms with Crippen LogP contribution in [0.5, 0.6) is 0 Å². The smallest absolute Gasteiger partial charge is 0.322 e. The van der Waals surface area contributed by atoms with Crippen LogP contribution in [0.1, 0.15) is 56.1 Å². The first-order valence-electron chi connectivity index (χ1n) is 18.4. The molecule has 4 amide bonds. The average Bonchev–Trinajstić information content (AvgIpc) is 3.53. The number of carbonyl (C=O) groups is 4. The van der Waals surface area contributed by atoms with Gasteiger partial charge in [0.1, 0.15) is 0 Å². The number of para-hydroxylation sites is 1. The number of fused-ring (bicyclic) bond motifs is 2. The lowest BCUT2D eigenvalue weighted by atomic mass is 9.78. The number of urea groups is 1. The first-order valence-corrected chi connectivity index (χ1v) is 18.4. The Morgan fingerprint density at radius 2 is 1.56 bits per heavy atom. The van der Waals surface area contributed by atoms with Gasteiger partial charge in [0, 0.05) is 56.3 Å². The van der Waals surface area contributed by atoms with E-state index in [0.29, 0.717) is 63.8 Å². The van der Waals surface area contributed by atoms with Gasteiger partial charge in [-0.3, -0.25) is 24.4 Å². The van der Waals surface area contributed by atoms with Crippen LogP contribution in [0.2, 0.25) is 0 Å². The molecule has 1 atom stereocenters. The third-order valence-electron chi connectivity index (χ3n) is 11.7. The largest absolute Gasteiger partial charge is 0.480 e. The maximum absolute atomic E-state index is 14.2. The molecule has 12 heteroatoms. The van der Waals surface area contributed by atoms with Crippen molar-refractivity contribution in [1.29, 1.82) is 0 Å². The summed E-state index contributed by atoms with van der Waals surface area (Å²) in [5.41, 5.74) is 3.97. The number of aromatic nitrogens is 2. The lowest BCUT2D eigenvalue weighted by Crippen LogP contribution is -2.50. The van der Waals surface area contributed by atoms with Crippen molar-refractivity contribution in [3.05, 3.63) is 59.8 Å². The second kappa shape index (κ2) is 15.2. The first-order chi connectivity index (χ1) is 24.3. The highest BCUT2D eigenvalue weighted by atomic mass is 16.4. The van der Waals surface area contributed by atoms with Crippen LogP contribution in [0, 0.1) is 17.8 Å². The van der Waals surface area contributed by atoms with Crippen LogP contribution in [0.15, 0.2) is 48.7 Å². The summed E-state index contributed by atoms with van der Waals surface area (Å²) in [6.45, 7) is 4.92. The van der Waals surface area contributed by atoms with Crippen molar-refractivity contribution in [3.8, 4) is 0 Å². The van der Waals surface area contributed by atoms with Crippen molar-refractivity contribution < 1.29 is 24.3 Å². The highest BCUT2D eigenvalue weighted by molar-refractivity contribution is 5.91. The van der Waals surface area contributed by atoms with Gasteiger partial charge < -0.3 is 25.1 Å². The van der Waals surface area contributed by atoms with E-state index in [1.807, 2.05) is 49.9 Å². The summed E-state index contributed by atoms with van der Waals surface area (Å²) >= 11 is 0. The number of carboxylic acids is 1. The van der Waals surface area contributed by atoms with Crippen LogP contribution >= 0.6 is 0 Å². The van der Waals surface area contributed by atoms with Crippen LogP contribution < -0.4 is 5.32 Å². The fraction of sp³-hybridized carbons (Fsp3) is 0.553. The number of hydrogen-bond donors (Lipinski definition) is 3. The maximum Gasteiger partial charge on any atom is 0.322 e. The Bertz CT molecular complexity index is 1690. The van der Waals surface area contributed by atoms with E-state index < -0.39 is 11.9 Å². The molecule has 0 radical (unpaired) electrons. The van der Waals surface area contributed by atoms with Gasteiger partial charge in [-0.25, -0.2) is 4.79 Å². The molecule has 1 unspecified atom stereocenters. The van der Waals surface area contributed by atoms with Gasteiger partial charge in [0.2, 0.25) is 11.8 Å². The normalized spacial score (nSPS) is 20.7. The maximum atomic E-state index is 14.2. The number of aliphatic carboxylic acids is 1. The molecule has 1 aromatic heterocycles. The van der Waals surface area contributed by atoms with Crippen molar-refractivity contribution in [3.63, 3.8) is 0 Å². The van der Waals surface area contributed by atoms with Crippen LogP contribution in [0.4, 0.5) is 10.5 Å². The molecular formula is C38H49N7O5. The highest BCUT2D eigenvalue weighted by Crippen LogP contribution is 2.34. The summed E-state index contributed by atoms with van der Waals surface area (Å²) in [5, 5.41) is 20.3. The summed E-state index contributed by atoms with van der Waals surface area (Å²) < 4.78 is 0. The molecule has 266 valence electrons. The fourth-order valence-corrected chi connectivity index (χ4v) is 8.78. The van der Waals surface area contributed by atoms with Gasteiger partial charge in [0.15, 0.2) is 0 Å². The Morgan fingerprint density at radius 1 is 0.860 bits per heavy atom. The number of H-pyrrole nitrogens is 1. The van der Waals surface area contributed by atoms with Gasteiger partial charge in [0.05, 0.1) is 24.2 Å². The summed E-state index contributed by atoms with van der Waals surface area (Å²) in [7, 11) is 0. The van der Waals surface area contributed by atoms with E-state index in [0.717, 1.165) is 72.9 Å². The Kier molecular flexibility index (Phi) is 10.3. The Labute approximate surface area is 293 Å². The highest BCUT2D eigenvalue weighted by Gasteiger charge is 2.36. The summed E-state index contributed by atoms with van der Waals surface area (Å²) in [6, 6.07) is 14.0. The monoisotopic (exact) mass is 683 g/mol. The topological polar surface area (TPSA) is 142 Å². The van der Waals surface area contributed by atoms with E-state index in [1.165, 1.54) is 0 Å². The molecular weight excluding hydrogens is 634 g/mol. The SMILES string of the molecule is O=C(O)CN1CCC(C2CCN(C(=O)C(CC(=O)N3CCC(N4CCc5ccccc5NC4=O)CC3)Cc3ccc4[nH]ncc4c3)CC2)CC1. The molecule has 0 aliphatic carbocycles. The van der Waals surface area contributed by atoms with Crippen molar-refractivity contribution >= 4 is 40.4 Å². The zero-order valence-corrected chi connectivity index (χ0v) is 28.8. The van der Waals surface area contributed by atoms with Gasteiger partial charge in [-0.05, 0) is 106 Å². The zero-order valence-electron chi connectivity index (χ0n) is 28.8. The number of benzene rings is 2. The number of likely N-dealkylation sites (tertiary alicyclic amines) is 3. The van der Waals surface area contributed by atoms with Crippen LogP contribution in [-0.2, 0) is 27.2 Å². The van der Waals surface area contributed by atoms with E-state index in [1.54, 1.807) is 6.20 Å². The van der Waals surface area contributed by atoms with Crippen LogP contribution in [0.25, 0.3) is 10.9 Å². The fourth-order valence-electron chi connectivity index (χ4n) is 8.78. The predicted octanol–water partition coefficient (Wildman–Crippen LogP) is 4.23. The van der Waals surface area contributed by atoms with Gasteiger partial charge in [0.25, 0.3) is 0 Å². The molecule has 3 saturated heterocycles. The van der Waals surface area contributed by atoms with Gasteiger partial charge in [-0.1, -0.05) is 24.3 Å². The second-order valence-electron chi connectivity index (χ2n) is 14.7. The third kappa shape index (κ3) is 7.80. The average molecular weight is 684 g/mol. The minimum Gasteiger partial charge on any atom is -0.480 e. The third-order valence-corrected chi connectivity index (χ3v) is 11.7. The molecule has 0 saturated carbocycles. The summed E-state index contributed by atoms with van der Waals surface area (Å²) in [6.07, 6.45) is 8.56. The number of nitrogens with zero attached hydrogens (tertiary/aromatic N) is 5. The van der Waals surface area contributed by atoms with Crippen molar-refractivity contribution in [2.75, 3.05) is 57.7 Å². The lowest BCUT2D eigenvalue weighted by Gasteiger charge is -2.41. The first kappa shape index (κ1) is 34.0. The second-order valence-corrected chi connectivity index (χ2v) is 14.7. The number of nitrogens with one attached hydrogen (secondary N) is 2. The molecule has 12 nitrogen and oxygen atoms in total. The van der Waals surface area contributed by atoms with Crippen molar-refractivity contribution in [1.82, 2.24) is 29.8 Å². The van der Waals surface area contributed by atoms with Gasteiger partial charge in [-0.15, -0.1) is 0 Å².